The van der Waals surface area contributed by atoms with Crippen LogP contribution in [0.4, 0.5) is 5.13 Å². The van der Waals surface area contributed by atoms with Crippen LogP contribution < -0.4 is 5.32 Å². The van der Waals surface area contributed by atoms with Gasteiger partial charge in [-0.25, -0.2) is 4.98 Å². The molecule has 5 heteroatoms. The first-order valence-electron chi connectivity index (χ1n) is 5.02. The van der Waals surface area contributed by atoms with Gasteiger partial charge in [0, 0.05) is 6.04 Å². The van der Waals surface area contributed by atoms with Crippen molar-refractivity contribution in [3.05, 3.63) is 10.0 Å². The highest BCUT2D eigenvalue weighted by Gasteiger charge is 2.22. The van der Waals surface area contributed by atoms with Gasteiger partial charge in [0.1, 0.15) is 10.9 Å². The monoisotopic (exact) mass is 241 g/mol. The first-order valence-corrected chi connectivity index (χ1v) is 6.21. The summed E-state index contributed by atoms with van der Waals surface area (Å²) < 4.78 is 0. The zero-order chi connectivity index (χ0) is 10.8. The summed E-state index contributed by atoms with van der Waals surface area (Å²) >= 11 is 7.13. The van der Waals surface area contributed by atoms with Gasteiger partial charge in [-0.3, -0.25) is 0 Å². The summed E-state index contributed by atoms with van der Waals surface area (Å²) in [6.45, 7) is 2.26. The Bertz CT molecular complexity index is 396. The maximum absolute atomic E-state index is 8.74. The largest absolute Gasteiger partial charge is 0.359 e. The molecule has 15 heavy (non-hydrogen) atoms. The van der Waals surface area contributed by atoms with E-state index >= 15 is 0 Å². The van der Waals surface area contributed by atoms with Gasteiger partial charge in [0.2, 0.25) is 0 Å². The van der Waals surface area contributed by atoms with Crippen molar-refractivity contribution in [3.8, 4) is 6.07 Å². The predicted octanol–water partition coefficient (Wildman–Crippen LogP) is 3.27. The van der Waals surface area contributed by atoms with Gasteiger partial charge in [-0.2, -0.15) is 5.26 Å². The lowest BCUT2D eigenvalue weighted by molar-refractivity contribution is 0.602. The van der Waals surface area contributed by atoms with E-state index in [0.29, 0.717) is 16.1 Å². The Kier molecular flexibility index (Phi) is 3.13. The molecule has 1 aromatic heterocycles. The number of hydrogen-bond acceptors (Lipinski definition) is 4. The minimum absolute atomic E-state index is 0.316. The predicted molar refractivity (Wildman–Crippen MR) is 62.3 cm³/mol. The van der Waals surface area contributed by atoms with Crippen LogP contribution in [0.25, 0.3) is 0 Å². The number of nitrogens with zero attached hydrogens (tertiary/aromatic N) is 2. The molecule has 0 amide bonds. The Balaban J connectivity index is 2.02. The maximum atomic E-state index is 8.74. The molecule has 80 valence electrons. The third kappa shape index (κ3) is 2.42. The summed E-state index contributed by atoms with van der Waals surface area (Å²) in [6, 6.07) is 2.53. The highest BCUT2D eigenvalue weighted by atomic mass is 35.5. The van der Waals surface area contributed by atoms with E-state index in [4.69, 9.17) is 16.9 Å². The van der Waals surface area contributed by atoms with Gasteiger partial charge in [0.15, 0.2) is 10.3 Å². The van der Waals surface area contributed by atoms with Crippen molar-refractivity contribution in [1.82, 2.24) is 4.98 Å². The van der Waals surface area contributed by atoms with Gasteiger partial charge >= 0.3 is 0 Å². The maximum Gasteiger partial charge on any atom is 0.185 e. The van der Waals surface area contributed by atoms with E-state index in [9.17, 15) is 0 Å². The fourth-order valence-electron chi connectivity index (χ4n) is 1.95. The van der Waals surface area contributed by atoms with Gasteiger partial charge < -0.3 is 5.32 Å². The second-order valence-electron chi connectivity index (χ2n) is 4.01. The molecule has 0 saturated heterocycles. The number of nitrogens with one attached hydrogen (secondary N) is 1. The second kappa shape index (κ2) is 4.38. The van der Waals surface area contributed by atoms with E-state index in [-0.39, 0.29) is 0 Å². The minimum Gasteiger partial charge on any atom is -0.359 e. The molecule has 0 aromatic carbocycles. The standard InChI is InChI=1S/C10H12ClN3S/c1-6-2-3-7(4-6)13-10-14-9(11)8(5-12)15-10/h6-7H,2-4H2,1H3,(H,13,14). The third-order valence-corrected chi connectivity index (χ3v) is 3.99. The van der Waals surface area contributed by atoms with Gasteiger partial charge in [-0.05, 0) is 25.2 Å². The average molecular weight is 242 g/mol. The van der Waals surface area contributed by atoms with Crippen molar-refractivity contribution in [3.63, 3.8) is 0 Å². The van der Waals surface area contributed by atoms with Crippen LogP contribution in [0.1, 0.15) is 31.1 Å². The Labute approximate surface area is 98.1 Å². The molecule has 0 radical (unpaired) electrons. The highest BCUT2D eigenvalue weighted by molar-refractivity contribution is 7.16. The Morgan fingerprint density at radius 2 is 2.40 bits per heavy atom. The third-order valence-electron chi connectivity index (χ3n) is 2.71. The molecular weight excluding hydrogens is 230 g/mol. The summed E-state index contributed by atoms with van der Waals surface area (Å²) in [7, 11) is 0. The Hall–Kier alpha value is -0.790. The van der Waals surface area contributed by atoms with Crippen molar-refractivity contribution in [2.45, 2.75) is 32.2 Å². The van der Waals surface area contributed by atoms with Crippen molar-refractivity contribution in [1.29, 1.82) is 5.26 Å². The minimum atomic E-state index is 0.316. The zero-order valence-corrected chi connectivity index (χ0v) is 10.0. The molecule has 2 unspecified atom stereocenters. The molecule has 0 spiro atoms. The first-order chi connectivity index (χ1) is 7.19. The van der Waals surface area contributed by atoms with Gasteiger partial charge in [-0.1, -0.05) is 29.9 Å². The van der Waals surface area contributed by atoms with E-state index in [1.165, 1.54) is 30.6 Å². The highest BCUT2D eigenvalue weighted by Crippen LogP contribution is 2.31. The van der Waals surface area contributed by atoms with Crippen LogP contribution in [-0.4, -0.2) is 11.0 Å². The molecule has 2 rings (SSSR count). The van der Waals surface area contributed by atoms with E-state index in [2.05, 4.69) is 17.2 Å². The molecule has 1 aromatic rings. The van der Waals surface area contributed by atoms with Crippen LogP contribution >= 0.6 is 22.9 Å². The smallest absolute Gasteiger partial charge is 0.185 e. The molecule has 3 nitrogen and oxygen atoms in total. The normalized spacial score (nSPS) is 25.1. The molecule has 1 heterocycles. The molecular formula is C10H12ClN3S. The SMILES string of the molecule is CC1CCC(Nc2nc(Cl)c(C#N)s2)C1. The number of hydrogen-bond donors (Lipinski definition) is 1. The lowest BCUT2D eigenvalue weighted by atomic mass is 10.1. The van der Waals surface area contributed by atoms with Crippen LogP contribution in [0.5, 0.6) is 0 Å². The van der Waals surface area contributed by atoms with E-state index in [1.807, 2.05) is 6.07 Å². The molecule has 2 atom stereocenters. The van der Waals surface area contributed by atoms with Gasteiger partial charge in [-0.15, -0.1) is 0 Å². The summed E-state index contributed by atoms with van der Waals surface area (Å²) in [4.78, 5) is 4.61. The second-order valence-corrected chi connectivity index (χ2v) is 5.37. The molecule has 0 bridgehead atoms. The van der Waals surface area contributed by atoms with Crippen LogP contribution in [0.15, 0.2) is 0 Å². The van der Waals surface area contributed by atoms with Crippen molar-refractivity contribution in [2.75, 3.05) is 5.32 Å². The van der Waals surface area contributed by atoms with Gasteiger partial charge in [0.05, 0.1) is 0 Å². The number of anilines is 1. The van der Waals surface area contributed by atoms with E-state index in [0.717, 1.165) is 11.0 Å². The molecule has 1 aliphatic carbocycles. The number of aromatic nitrogens is 1. The van der Waals surface area contributed by atoms with Crippen molar-refractivity contribution in [2.24, 2.45) is 5.92 Å². The zero-order valence-electron chi connectivity index (χ0n) is 8.46. The number of nitriles is 1. The molecule has 1 fully saturated rings. The lowest BCUT2D eigenvalue weighted by Crippen LogP contribution is -2.14. The Morgan fingerprint density at radius 3 is 2.93 bits per heavy atom. The molecule has 1 saturated carbocycles. The lowest BCUT2D eigenvalue weighted by Gasteiger charge is -2.10. The summed E-state index contributed by atoms with van der Waals surface area (Å²) in [5.41, 5.74) is 0. The van der Waals surface area contributed by atoms with Crippen LogP contribution in [-0.2, 0) is 0 Å². The van der Waals surface area contributed by atoms with Crippen molar-refractivity contribution >= 4 is 28.1 Å². The van der Waals surface area contributed by atoms with Crippen molar-refractivity contribution < 1.29 is 0 Å². The number of rotatable bonds is 2. The van der Waals surface area contributed by atoms with Crippen LogP contribution in [0.2, 0.25) is 5.15 Å². The van der Waals surface area contributed by atoms with Gasteiger partial charge in [0.25, 0.3) is 0 Å². The van der Waals surface area contributed by atoms with E-state index in [1.54, 1.807) is 0 Å². The summed E-state index contributed by atoms with van der Waals surface area (Å²) in [6.07, 6.45) is 3.63. The molecule has 0 aliphatic heterocycles. The van der Waals surface area contributed by atoms with Crippen LogP contribution in [0.3, 0.4) is 0 Å². The molecule has 1 aliphatic rings. The Morgan fingerprint density at radius 1 is 1.60 bits per heavy atom. The fraction of sp³-hybridized carbons (Fsp3) is 0.600. The quantitative estimate of drug-likeness (QED) is 0.865. The molecule has 1 N–H and O–H groups in total. The number of halogens is 1. The van der Waals surface area contributed by atoms with E-state index < -0.39 is 0 Å². The first kappa shape index (κ1) is 10.7. The summed E-state index contributed by atoms with van der Waals surface area (Å²) in [5, 5.41) is 13.2. The average Bonchev–Trinajstić information content (AvgIpc) is 2.73. The number of thiazole rings is 1. The van der Waals surface area contributed by atoms with Crippen LogP contribution in [0, 0.1) is 17.2 Å². The summed E-state index contributed by atoms with van der Waals surface area (Å²) in [5.74, 6) is 0.786. The topological polar surface area (TPSA) is 48.7 Å². The fourth-order valence-corrected chi connectivity index (χ4v) is 2.97.